The van der Waals surface area contributed by atoms with Crippen molar-refractivity contribution in [3.05, 3.63) is 35.9 Å². The van der Waals surface area contributed by atoms with Crippen molar-refractivity contribution < 1.29 is 9.59 Å². The van der Waals surface area contributed by atoms with Gasteiger partial charge in [-0.15, -0.1) is 0 Å². The van der Waals surface area contributed by atoms with Crippen molar-refractivity contribution in [1.29, 1.82) is 0 Å². The van der Waals surface area contributed by atoms with E-state index < -0.39 is 5.41 Å². The van der Waals surface area contributed by atoms with Gasteiger partial charge in [-0.3, -0.25) is 9.59 Å². The van der Waals surface area contributed by atoms with Crippen molar-refractivity contribution in [2.24, 2.45) is 5.41 Å². The standard InChI is InChI=1S/C19H27N3O2/c1-19(18(24)21-13-6-10-20-11-14-21)9-5-12-22(15-19)17(23)16-7-3-2-4-8-16/h2-4,7-8,20H,5-6,9-15H2,1H3. The van der Waals surface area contributed by atoms with Gasteiger partial charge in [-0.25, -0.2) is 0 Å². The summed E-state index contributed by atoms with van der Waals surface area (Å²) >= 11 is 0. The van der Waals surface area contributed by atoms with Gasteiger partial charge in [0.25, 0.3) is 5.91 Å². The molecule has 0 bridgehead atoms. The molecule has 0 saturated carbocycles. The van der Waals surface area contributed by atoms with Crippen LogP contribution in [0.15, 0.2) is 30.3 Å². The van der Waals surface area contributed by atoms with Crippen molar-refractivity contribution in [2.45, 2.75) is 26.2 Å². The predicted molar refractivity (Wildman–Crippen MR) is 93.8 cm³/mol. The fraction of sp³-hybridized carbons (Fsp3) is 0.579. The van der Waals surface area contributed by atoms with E-state index in [1.807, 2.05) is 47.1 Å². The van der Waals surface area contributed by atoms with Crippen LogP contribution in [0.2, 0.25) is 0 Å². The molecule has 2 aliphatic rings. The van der Waals surface area contributed by atoms with Crippen LogP contribution >= 0.6 is 0 Å². The van der Waals surface area contributed by atoms with Gasteiger partial charge in [0.2, 0.25) is 5.91 Å². The summed E-state index contributed by atoms with van der Waals surface area (Å²) in [7, 11) is 0. The molecule has 1 N–H and O–H groups in total. The van der Waals surface area contributed by atoms with E-state index in [4.69, 9.17) is 0 Å². The van der Waals surface area contributed by atoms with Crippen LogP contribution in [0.5, 0.6) is 0 Å². The summed E-state index contributed by atoms with van der Waals surface area (Å²) in [6.45, 7) is 6.68. The molecule has 1 atom stereocenters. The molecule has 0 spiro atoms. The highest BCUT2D eigenvalue weighted by atomic mass is 16.2. The van der Waals surface area contributed by atoms with Gasteiger partial charge in [0, 0.05) is 38.3 Å². The first kappa shape index (κ1) is 17.0. The molecule has 2 heterocycles. The quantitative estimate of drug-likeness (QED) is 0.899. The van der Waals surface area contributed by atoms with Crippen LogP contribution in [0.1, 0.15) is 36.5 Å². The van der Waals surface area contributed by atoms with E-state index in [9.17, 15) is 9.59 Å². The average molecular weight is 329 g/mol. The number of hydrogen-bond donors (Lipinski definition) is 1. The molecule has 5 nitrogen and oxygen atoms in total. The maximum Gasteiger partial charge on any atom is 0.253 e. The Kier molecular flexibility index (Phi) is 5.19. The first-order chi connectivity index (χ1) is 11.6. The minimum absolute atomic E-state index is 0.0341. The minimum atomic E-state index is -0.465. The maximum absolute atomic E-state index is 13.1. The Hall–Kier alpha value is -1.88. The van der Waals surface area contributed by atoms with Crippen LogP contribution in [0.25, 0.3) is 0 Å². The number of amides is 2. The second-order valence-electron chi connectivity index (χ2n) is 7.15. The second kappa shape index (κ2) is 7.34. The number of hydrogen-bond acceptors (Lipinski definition) is 3. The van der Waals surface area contributed by atoms with E-state index in [1.54, 1.807) is 0 Å². The van der Waals surface area contributed by atoms with E-state index in [2.05, 4.69) is 5.32 Å². The highest BCUT2D eigenvalue weighted by molar-refractivity contribution is 5.95. The van der Waals surface area contributed by atoms with E-state index in [0.717, 1.165) is 52.0 Å². The third-order valence-corrected chi connectivity index (χ3v) is 5.15. The molecule has 5 heteroatoms. The molecule has 0 aromatic heterocycles. The largest absolute Gasteiger partial charge is 0.341 e. The van der Waals surface area contributed by atoms with Gasteiger partial charge < -0.3 is 15.1 Å². The van der Waals surface area contributed by atoms with Gasteiger partial charge in [0.1, 0.15) is 0 Å². The fourth-order valence-electron chi connectivity index (χ4n) is 3.78. The molecule has 24 heavy (non-hydrogen) atoms. The average Bonchev–Trinajstić information content (AvgIpc) is 2.90. The summed E-state index contributed by atoms with van der Waals surface area (Å²) in [5.41, 5.74) is 0.237. The van der Waals surface area contributed by atoms with Gasteiger partial charge in [0.15, 0.2) is 0 Å². The van der Waals surface area contributed by atoms with Crippen molar-refractivity contribution in [3.8, 4) is 0 Å². The fourth-order valence-corrected chi connectivity index (χ4v) is 3.78. The first-order valence-corrected chi connectivity index (χ1v) is 8.95. The summed E-state index contributed by atoms with van der Waals surface area (Å²) in [4.78, 5) is 29.7. The van der Waals surface area contributed by atoms with E-state index in [0.29, 0.717) is 12.1 Å². The Morgan fingerprint density at radius 3 is 2.54 bits per heavy atom. The van der Waals surface area contributed by atoms with Crippen LogP contribution in [0.3, 0.4) is 0 Å². The van der Waals surface area contributed by atoms with E-state index >= 15 is 0 Å². The number of piperidine rings is 1. The summed E-state index contributed by atoms with van der Waals surface area (Å²) in [6.07, 6.45) is 2.73. The molecular weight excluding hydrogens is 302 g/mol. The molecule has 0 aliphatic carbocycles. The third-order valence-electron chi connectivity index (χ3n) is 5.15. The maximum atomic E-state index is 13.1. The molecule has 2 amide bonds. The second-order valence-corrected chi connectivity index (χ2v) is 7.15. The number of nitrogens with zero attached hydrogens (tertiary/aromatic N) is 2. The minimum Gasteiger partial charge on any atom is -0.341 e. The van der Waals surface area contributed by atoms with Crippen molar-refractivity contribution in [2.75, 3.05) is 39.3 Å². The Morgan fingerprint density at radius 1 is 1.00 bits per heavy atom. The zero-order valence-electron chi connectivity index (χ0n) is 14.5. The molecule has 130 valence electrons. The first-order valence-electron chi connectivity index (χ1n) is 8.95. The van der Waals surface area contributed by atoms with Crippen LogP contribution in [-0.4, -0.2) is 60.9 Å². The van der Waals surface area contributed by atoms with Crippen molar-refractivity contribution in [1.82, 2.24) is 15.1 Å². The Morgan fingerprint density at radius 2 is 1.75 bits per heavy atom. The summed E-state index contributed by atoms with van der Waals surface area (Å²) in [5, 5.41) is 3.34. The number of carbonyl (C=O) groups is 2. The molecule has 2 fully saturated rings. The monoisotopic (exact) mass is 329 g/mol. The van der Waals surface area contributed by atoms with Gasteiger partial charge in [-0.05, 0) is 44.9 Å². The van der Waals surface area contributed by atoms with Gasteiger partial charge >= 0.3 is 0 Å². The SMILES string of the molecule is CC1(C(=O)N2CCCNCC2)CCCN(C(=O)c2ccccc2)C1. The molecule has 3 rings (SSSR count). The Bertz CT molecular complexity index is 582. The van der Waals surface area contributed by atoms with E-state index in [1.165, 1.54) is 0 Å². The van der Waals surface area contributed by atoms with Gasteiger partial charge in [0.05, 0.1) is 5.41 Å². The number of carbonyl (C=O) groups excluding carboxylic acids is 2. The van der Waals surface area contributed by atoms with Crippen LogP contribution in [0, 0.1) is 5.41 Å². The summed E-state index contributed by atoms with van der Waals surface area (Å²) in [6, 6.07) is 9.36. The lowest BCUT2D eigenvalue weighted by Gasteiger charge is -2.41. The third kappa shape index (κ3) is 3.61. The molecule has 1 aromatic rings. The Labute approximate surface area is 144 Å². The lowest BCUT2D eigenvalue weighted by atomic mass is 9.80. The topological polar surface area (TPSA) is 52.7 Å². The lowest BCUT2D eigenvalue weighted by Crippen LogP contribution is -2.53. The molecule has 0 radical (unpaired) electrons. The lowest BCUT2D eigenvalue weighted by molar-refractivity contribution is -0.143. The zero-order valence-corrected chi connectivity index (χ0v) is 14.5. The zero-order chi connectivity index (χ0) is 17.0. The molecular formula is C19H27N3O2. The number of rotatable bonds is 2. The van der Waals surface area contributed by atoms with Gasteiger partial charge in [-0.1, -0.05) is 18.2 Å². The molecule has 1 aromatic carbocycles. The van der Waals surface area contributed by atoms with Crippen molar-refractivity contribution >= 4 is 11.8 Å². The molecule has 2 saturated heterocycles. The Balaban J connectivity index is 1.71. The van der Waals surface area contributed by atoms with E-state index in [-0.39, 0.29) is 11.8 Å². The van der Waals surface area contributed by atoms with Gasteiger partial charge in [-0.2, -0.15) is 0 Å². The predicted octanol–water partition coefficient (Wildman–Crippen LogP) is 1.75. The van der Waals surface area contributed by atoms with Crippen LogP contribution in [-0.2, 0) is 4.79 Å². The summed E-state index contributed by atoms with van der Waals surface area (Å²) in [5.74, 6) is 0.239. The number of nitrogens with one attached hydrogen (secondary N) is 1. The van der Waals surface area contributed by atoms with Crippen molar-refractivity contribution in [3.63, 3.8) is 0 Å². The normalized spacial score (nSPS) is 25.2. The van der Waals surface area contributed by atoms with Crippen LogP contribution < -0.4 is 5.32 Å². The van der Waals surface area contributed by atoms with Crippen LogP contribution in [0.4, 0.5) is 0 Å². The summed E-state index contributed by atoms with van der Waals surface area (Å²) < 4.78 is 0. The highest BCUT2D eigenvalue weighted by Crippen LogP contribution is 2.32. The molecule has 1 unspecified atom stereocenters. The number of benzene rings is 1. The number of likely N-dealkylation sites (tertiary alicyclic amines) is 1. The highest BCUT2D eigenvalue weighted by Gasteiger charge is 2.41. The molecule has 2 aliphatic heterocycles. The smallest absolute Gasteiger partial charge is 0.253 e.